The van der Waals surface area contributed by atoms with E-state index >= 15 is 0 Å². The van der Waals surface area contributed by atoms with Crippen LogP contribution in [0.5, 0.6) is 0 Å². The van der Waals surface area contributed by atoms with E-state index in [1.807, 2.05) is 0 Å². The van der Waals surface area contributed by atoms with Crippen LogP contribution >= 0.6 is 0 Å². The summed E-state index contributed by atoms with van der Waals surface area (Å²) in [5, 5.41) is 19.2. The van der Waals surface area contributed by atoms with Gasteiger partial charge in [0.15, 0.2) is 0 Å². The molecule has 0 aliphatic heterocycles. The van der Waals surface area contributed by atoms with Crippen LogP contribution in [0.25, 0.3) is 11.1 Å². The fourth-order valence-electron chi connectivity index (χ4n) is 5.04. The van der Waals surface area contributed by atoms with Gasteiger partial charge in [0.05, 0.1) is 11.1 Å². The first-order chi connectivity index (χ1) is 20.5. The van der Waals surface area contributed by atoms with Gasteiger partial charge in [0.25, 0.3) is 0 Å². The summed E-state index contributed by atoms with van der Waals surface area (Å²) in [6.07, 6.45) is 21.3. The van der Waals surface area contributed by atoms with Gasteiger partial charge in [0.1, 0.15) is 0 Å². The molecule has 226 valence electrons. The Balaban J connectivity index is 2.15. The lowest BCUT2D eigenvalue weighted by Gasteiger charge is -2.10. The van der Waals surface area contributed by atoms with Crippen LogP contribution in [-0.4, -0.2) is 22.2 Å². The van der Waals surface area contributed by atoms with Crippen molar-refractivity contribution in [1.29, 1.82) is 0 Å². The molecule has 2 rings (SSSR count). The van der Waals surface area contributed by atoms with Crippen LogP contribution in [0.4, 0.5) is 0 Å². The lowest BCUT2D eigenvalue weighted by atomic mass is 9.92. The van der Waals surface area contributed by atoms with Crippen molar-refractivity contribution < 1.29 is 19.8 Å². The van der Waals surface area contributed by atoms with Crippen LogP contribution < -0.4 is 0 Å². The van der Waals surface area contributed by atoms with E-state index < -0.39 is 11.9 Å². The zero-order chi connectivity index (χ0) is 30.4. The maximum Gasteiger partial charge on any atom is 0.335 e. The monoisotopic (exact) mass is 570 g/mol. The summed E-state index contributed by atoms with van der Waals surface area (Å²) >= 11 is 0. The molecule has 4 heteroatoms. The predicted octanol–water partition coefficient (Wildman–Crippen LogP) is 10.5. The lowest BCUT2D eigenvalue weighted by molar-refractivity contribution is 0.0686. The first-order valence-corrected chi connectivity index (χ1v) is 16.2. The Morgan fingerprint density at radius 2 is 0.857 bits per heavy atom. The number of carboxylic acid groups (broad SMARTS) is 2. The van der Waals surface area contributed by atoms with Crippen LogP contribution in [0.15, 0.2) is 36.4 Å². The van der Waals surface area contributed by atoms with Gasteiger partial charge in [-0.25, -0.2) is 9.59 Å². The highest BCUT2D eigenvalue weighted by molar-refractivity contribution is 5.92. The SMILES string of the molecule is CCCCCCCCCCC#Cc1cc(C(=O)O)ccc1-c1ccc(C(=O)O)cc1C#CCCCCCCCCCC. The Morgan fingerprint density at radius 3 is 1.19 bits per heavy atom. The molecule has 0 bridgehead atoms. The zero-order valence-corrected chi connectivity index (χ0v) is 25.9. The Morgan fingerprint density at radius 1 is 0.524 bits per heavy atom. The molecule has 0 fully saturated rings. The molecule has 0 radical (unpaired) electrons. The maximum absolute atomic E-state index is 11.7. The van der Waals surface area contributed by atoms with E-state index in [1.165, 1.54) is 77.0 Å². The van der Waals surface area contributed by atoms with Crippen molar-refractivity contribution in [2.24, 2.45) is 0 Å². The van der Waals surface area contributed by atoms with Crippen LogP contribution in [0.1, 0.15) is 161 Å². The summed E-state index contributed by atoms with van der Waals surface area (Å²) in [5.41, 5.74) is 3.17. The minimum Gasteiger partial charge on any atom is -0.478 e. The smallest absolute Gasteiger partial charge is 0.335 e. The van der Waals surface area contributed by atoms with E-state index in [0.29, 0.717) is 11.1 Å². The van der Waals surface area contributed by atoms with E-state index in [4.69, 9.17) is 0 Å². The minimum atomic E-state index is -1.00. The zero-order valence-electron chi connectivity index (χ0n) is 25.9. The highest BCUT2D eigenvalue weighted by Gasteiger charge is 2.14. The molecule has 2 aromatic carbocycles. The van der Waals surface area contributed by atoms with Crippen LogP contribution in [-0.2, 0) is 0 Å². The molecule has 0 spiro atoms. The third kappa shape index (κ3) is 13.4. The van der Waals surface area contributed by atoms with Crippen LogP contribution in [0.2, 0.25) is 0 Å². The van der Waals surface area contributed by atoms with Crippen molar-refractivity contribution in [3.63, 3.8) is 0 Å². The molecular formula is C38H50O4. The van der Waals surface area contributed by atoms with Crippen molar-refractivity contribution in [1.82, 2.24) is 0 Å². The van der Waals surface area contributed by atoms with E-state index in [9.17, 15) is 19.8 Å². The second-order valence-corrected chi connectivity index (χ2v) is 11.2. The van der Waals surface area contributed by atoms with Crippen molar-refractivity contribution in [2.75, 3.05) is 0 Å². The lowest BCUT2D eigenvalue weighted by Crippen LogP contribution is -2.00. The standard InChI is InChI=1S/C38H50O4/c1-3-5-7-9-11-13-15-17-19-21-23-31-29-33(37(39)40)25-27-35(31)36-28-26-34(38(41)42)30-32(36)24-22-20-18-16-14-12-10-8-6-4-2/h25-30H,3-20H2,1-2H3,(H,39,40)(H,41,42). The van der Waals surface area contributed by atoms with Gasteiger partial charge < -0.3 is 10.2 Å². The maximum atomic E-state index is 11.7. The van der Waals surface area contributed by atoms with Crippen molar-refractivity contribution >= 4 is 11.9 Å². The fraction of sp³-hybridized carbons (Fsp3) is 0.526. The van der Waals surface area contributed by atoms with Gasteiger partial charge in [-0.3, -0.25) is 0 Å². The molecule has 0 saturated carbocycles. The summed E-state index contributed by atoms with van der Waals surface area (Å²) in [5.74, 6) is 10.9. The number of unbranched alkanes of at least 4 members (excludes halogenated alkanes) is 16. The first kappa shape index (κ1) is 34.7. The molecule has 0 aromatic heterocycles. The Kier molecular flexibility index (Phi) is 17.5. The van der Waals surface area contributed by atoms with Crippen molar-refractivity contribution in [3.05, 3.63) is 58.7 Å². The van der Waals surface area contributed by atoms with E-state index in [1.54, 1.807) is 36.4 Å². The molecule has 0 unspecified atom stereocenters. The van der Waals surface area contributed by atoms with Gasteiger partial charge in [-0.1, -0.05) is 140 Å². The number of aromatic carboxylic acids is 2. The number of benzene rings is 2. The first-order valence-electron chi connectivity index (χ1n) is 16.2. The number of hydrogen-bond acceptors (Lipinski definition) is 2. The molecule has 2 aromatic rings. The van der Waals surface area contributed by atoms with Crippen molar-refractivity contribution in [3.8, 4) is 34.8 Å². The van der Waals surface area contributed by atoms with Gasteiger partial charge in [-0.15, -0.1) is 0 Å². The van der Waals surface area contributed by atoms with E-state index in [0.717, 1.165) is 49.7 Å². The molecule has 0 atom stereocenters. The van der Waals surface area contributed by atoms with Gasteiger partial charge in [0, 0.05) is 24.0 Å². The molecule has 42 heavy (non-hydrogen) atoms. The third-order valence-electron chi connectivity index (χ3n) is 7.58. The average molecular weight is 571 g/mol. The Hall–Kier alpha value is -3.50. The highest BCUT2D eigenvalue weighted by Crippen LogP contribution is 2.29. The van der Waals surface area contributed by atoms with Gasteiger partial charge in [-0.05, 0) is 48.2 Å². The summed E-state index contributed by atoms with van der Waals surface area (Å²) in [6, 6.07) is 9.91. The largest absolute Gasteiger partial charge is 0.478 e. The number of carboxylic acids is 2. The minimum absolute atomic E-state index is 0.180. The molecule has 4 nitrogen and oxygen atoms in total. The molecule has 0 aliphatic rings. The Bertz CT molecular complexity index is 1140. The Labute approximate surface area is 254 Å². The predicted molar refractivity (Wildman–Crippen MR) is 174 cm³/mol. The van der Waals surface area contributed by atoms with Crippen LogP contribution in [0, 0.1) is 23.7 Å². The third-order valence-corrected chi connectivity index (χ3v) is 7.58. The van der Waals surface area contributed by atoms with Gasteiger partial charge in [-0.2, -0.15) is 0 Å². The molecule has 0 heterocycles. The van der Waals surface area contributed by atoms with E-state index in [2.05, 4.69) is 37.5 Å². The quantitative estimate of drug-likeness (QED) is 0.130. The summed E-state index contributed by atoms with van der Waals surface area (Å²) in [7, 11) is 0. The van der Waals surface area contributed by atoms with Gasteiger partial charge in [0.2, 0.25) is 0 Å². The van der Waals surface area contributed by atoms with Gasteiger partial charge >= 0.3 is 11.9 Å². The second kappa shape index (κ2) is 21.2. The molecule has 0 amide bonds. The second-order valence-electron chi connectivity index (χ2n) is 11.2. The molecule has 2 N–H and O–H groups in total. The number of carbonyl (C=O) groups is 2. The molecule has 0 saturated heterocycles. The topological polar surface area (TPSA) is 74.6 Å². The molecular weight excluding hydrogens is 520 g/mol. The van der Waals surface area contributed by atoms with Crippen LogP contribution in [0.3, 0.4) is 0 Å². The summed E-state index contributed by atoms with van der Waals surface area (Å²) in [4.78, 5) is 23.4. The fourth-order valence-corrected chi connectivity index (χ4v) is 5.04. The highest BCUT2D eigenvalue weighted by atomic mass is 16.4. The molecule has 0 aliphatic carbocycles. The number of rotatable bonds is 19. The summed E-state index contributed by atoms with van der Waals surface area (Å²) in [6.45, 7) is 4.46. The van der Waals surface area contributed by atoms with Crippen molar-refractivity contribution in [2.45, 2.75) is 129 Å². The summed E-state index contributed by atoms with van der Waals surface area (Å²) < 4.78 is 0. The van der Waals surface area contributed by atoms with E-state index in [-0.39, 0.29) is 11.1 Å². The number of hydrogen-bond donors (Lipinski definition) is 2. The normalized spacial score (nSPS) is 10.4. The average Bonchev–Trinajstić information content (AvgIpc) is 2.99.